The number of carbonyl (C=O) groups excluding carboxylic acids is 1. The molecule has 0 spiro atoms. The van der Waals surface area contributed by atoms with Gasteiger partial charge in [0.15, 0.2) is 5.69 Å². The Morgan fingerprint density at radius 1 is 1.29 bits per heavy atom. The van der Waals surface area contributed by atoms with Gasteiger partial charge >= 0.3 is 5.97 Å². The van der Waals surface area contributed by atoms with E-state index in [0.717, 1.165) is 73.4 Å². The number of ether oxygens (including phenoxy) is 2. The molecule has 0 aliphatic carbocycles. The Balaban J connectivity index is 1.62. The van der Waals surface area contributed by atoms with Gasteiger partial charge in [0.05, 0.1) is 25.8 Å². The molecule has 1 aromatic carbocycles. The summed E-state index contributed by atoms with van der Waals surface area (Å²) in [6.45, 7) is 6.80. The number of rotatable bonds is 4. The van der Waals surface area contributed by atoms with Crippen molar-refractivity contribution in [3.8, 4) is 0 Å². The van der Waals surface area contributed by atoms with Crippen LogP contribution in [0.25, 0.3) is 10.9 Å². The number of nitrogens with zero attached hydrogens (tertiary/aromatic N) is 3. The van der Waals surface area contributed by atoms with Crippen molar-refractivity contribution in [2.24, 2.45) is 5.92 Å². The third kappa shape index (κ3) is 4.31. The van der Waals surface area contributed by atoms with Crippen molar-refractivity contribution in [1.29, 1.82) is 0 Å². The zero-order valence-electron chi connectivity index (χ0n) is 16.2. The van der Waals surface area contributed by atoms with Crippen molar-refractivity contribution in [3.05, 3.63) is 34.4 Å². The summed E-state index contributed by atoms with van der Waals surface area (Å²) in [5.41, 5.74) is 2.25. The number of carbonyl (C=O) groups is 1. The summed E-state index contributed by atoms with van der Waals surface area (Å²) in [5, 5.41) is 1.06. The van der Waals surface area contributed by atoms with Crippen LogP contribution in [-0.4, -0.2) is 68.9 Å². The molecule has 2 saturated heterocycles. The van der Waals surface area contributed by atoms with Crippen LogP contribution in [0.15, 0.2) is 28.7 Å². The number of fused-ring (bicyclic) bond motifs is 1. The normalized spacial score (nSPS) is 21.1. The fourth-order valence-corrected chi connectivity index (χ4v) is 4.59. The van der Waals surface area contributed by atoms with E-state index in [2.05, 4.69) is 36.8 Å². The number of morpholine rings is 1. The number of aromatic nitrogens is 1. The number of esters is 1. The number of benzene rings is 1. The summed E-state index contributed by atoms with van der Waals surface area (Å²) in [4.78, 5) is 21.6. The highest BCUT2D eigenvalue weighted by Crippen LogP contribution is 2.32. The van der Waals surface area contributed by atoms with Crippen LogP contribution < -0.4 is 4.90 Å². The summed E-state index contributed by atoms with van der Waals surface area (Å²) < 4.78 is 11.4. The van der Waals surface area contributed by atoms with Gasteiger partial charge in [-0.25, -0.2) is 9.78 Å². The van der Waals surface area contributed by atoms with Gasteiger partial charge in [0.1, 0.15) is 0 Å². The third-order valence-electron chi connectivity index (χ3n) is 5.62. The second-order valence-corrected chi connectivity index (χ2v) is 8.46. The lowest BCUT2D eigenvalue weighted by Gasteiger charge is -2.38. The molecule has 2 aliphatic rings. The van der Waals surface area contributed by atoms with Gasteiger partial charge in [-0.3, -0.25) is 4.90 Å². The van der Waals surface area contributed by atoms with Crippen LogP contribution in [0.5, 0.6) is 0 Å². The number of methoxy groups -OCH3 is 1. The Bertz CT molecular complexity index is 854. The molecule has 6 nitrogen and oxygen atoms in total. The molecule has 3 heterocycles. The van der Waals surface area contributed by atoms with Crippen molar-refractivity contribution < 1.29 is 14.3 Å². The SMILES string of the molecule is COC(=O)c1cc(N2CCCC(CN3CCOCC3)C2)c2cc(Br)ccc2n1. The van der Waals surface area contributed by atoms with Gasteiger partial charge in [0.25, 0.3) is 0 Å². The standard InChI is InChI=1S/C21H26BrN3O3/c1-27-21(26)19-12-20(17-11-16(22)4-5-18(17)23-19)25-6-2-3-15(14-25)13-24-7-9-28-10-8-24/h4-5,11-12,15H,2-3,6-10,13-14H2,1H3. The summed E-state index contributed by atoms with van der Waals surface area (Å²) in [6, 6.07) is 7.88. The van der Waals surface area contributed by atoms with E-state index >= 15 is 0 Å². The van der Waals surface area contributed by atoms with E-state index in [1.54, 1.807) is 0 Å². The monoisotopic (exact) mass is 447 g/mol. The Kier molecular flexibility index (Phi) is 6.13. The molecule has 0 amide bonds. The molecule has 4 rings (SSSR count). The molecule has 0 saturated carbocycles. The number of halogens is 1. The lowest BCUT2D eigenvalue weighted by atomic mass is 9.96. The van der Waals surface area contributed by atoms with E-state index < -0.39 is 5.97 Å². The first kappa shape index (κ1) is 19.6. The van der Waals surface area contributed by atoms with E-state index in [1.165, 1.54) is 13.5 Å². The van der Waals surface area contributed by atoms with Gasteiger partial charge in [-0.1, -0.05) is 15.9 Å². The number of anilines is 1. The highest BCUT2D eigenvalue weighted by molar-refractivity contribution is 9.10. The number of hydrogen-bond donors (Lipinski definition) is 0. The maximum atomic E-state index is 12.2. The predicted octanol–water partition coefficient (Wildman–Crippen LogP) is 3.33. The zero-order valence-corrected chi connectivity index (χ0v) is 17.8. The molecule has 0 radical (unpaired) electrons. The molecule has 1 atom stereocenters. The van der Waals surface area contributed by atoms with Gasteiger partial charge in [-0.2, -0.15) is 0 Å². The largest absolute Gasteiger partial charge is 0.464 e. The average molecular weight is 448 g/mol. The summed E-state index contributed by atoms with van der Waals surface area (Å²) in [7, 11) is 1.40. The Morgan fingerprint density at radius 2 is 2.11 bits per heavy atom. The molecule has 2 aliphatic heterocycles. The highest BCUT2D eigenvalue weighted by Gasteiger charge is 2.25. The van der Waals surface area contributed by atoms with Gasteiger partial charge in [0.2, 0.25) is 0 Å². The lowest BCUT2D eigenvalue weighted by Crippen LogP contribution is -2.44. The van der Waals surface area contributed by atoms with Gasteiger partial charge < -0.3 is 14.4 Å². The molecule has 28 heavy (non-hydrogen) atoms. The quantitative estimate of drug-likeness (QED) is 0.669. The number of piperidine rings is 1. The molecule has 0 bridgehead atoms. The fraction of sp³-hybridized carbons (Fsp3) is 0.524. The molecule has 1 aromatic heterocycles. The smallest absolute Gasteiger partial charge is 0.356 e. The van der Waals surface area contributed by atoms with Gasteiger partial charge in [-0.05, 0) is 43.0 Å². The van der Waals surface area contributed by atoms with E-state index in [0.29, 0.717) is 11.6 Å². The molecular formula is C21H26BrN3O3. The maximum absolute atomic E-state index is 12.2. The molecule has 2 fully saturated rings. The summed E-state index contributed by atoms with van der Waals surface area (Å²) >= 11 is 3.57. The second-order valence-electron chi connectivity index (χ2n) is 7.55. The average Bonchev–Trinajstić information content (AvgIpc) is 2.73. The van der Waals surface area contributed by atoms with Crippen LogP contribution in [0.2, 0.25) is 0 Å². The Morgan fingerprint density at radius 3 is 2.89 bits per heavy atom. The summed E-state index contributed by atoms with van der Waals surface area (Å²) in [6.07, 6.45) is 2.39. The minimum atomic E-state index is -0.395. The van der Waals surface area contributed by atoms with Crippen molar-refractivity contribution in [2.45, 2.75) is 12.8 Å². The first-order valence-corrected chi connectivity index (χ1v) is 10.7. The van der Waals surface area contributed by atoms with Crippen LogP contribution >= 0.6 is 15.9 Å². The molecule has 7 heteroatoms. The van der Waals surface area contributed by atoms with Crippen LogP contribution in [0.1, 0.15) is 23.3 Å². The van der Waals surface area contributed by atoms with E-state index in [-0.39, 0.29) is 0 Å². The van der Waals surface area contributed by atoms with Crippen molar-refractivity contribution >= 4 is 38.5 Å². The van der Waals surface area contributed by atoms with Crippen LogP contribution in [0.4, 0.5) is 5.69 Å². The molecule has 2 aromatic rings. The number of pyridine rings is 1. The minimum absolute atomic E-state index is 0.364. The second kappa shape index (κ2) is 8.76. The van der Waals surface area contributed by atoms with Gasteiger partial charge in [0, 0.05) is 48.3 Å². The minimum Gasteiger partial charge on any atom is -0.464 e. The highest BCUT2D eigenvalue weighted by atomic mass is 79.9. The topological polar surface area (TPSA) is 54.9 Å². The lowest BCUT2D eigenvalue weighted by molar-refractivity contribution is 0.0296. The fourth-order valence-electron chi connectivity index (χ4n) is 4.23. The van der Waals surface area contributed by atoms with Crippen molar-refractivity contribution in [3.63, 3.8) is 0 Å². The molecule has 1 unspecified atom stereocenters. The summed E-state index contributed by atoms with van der Waals surface area (Å²) in [5.74, 6) is 0.219. The van der Waals surface area contributed by atoms with E-state index in [9.17, 15) is 4.79 Å². The van der Waals surface area contributed by atoms with Gasteiger partial charge in [-0.15, -0.1) is 0 Å². The molecule has 0 N–H and O–H groups in total. The van der Waals surface area contributed by atoms with E-state index in [4.69, 9.17) is 9.47 Å². The van der Waals surface area contributed by atoms with Crippen molar-refractivity contribution in [2.75, 3.05) is 57.9 Å². The third-order valence-corrected chi connectivity index (χ3v) is 6.12. The first-order chi connectivity index (χ1) is 13.6. The van der Waals surface area contributed by atoms with Crippen molar-refractivity contribution in [1.82, 2.24) is 9.88 Å². The van der Waals surface area contributed by atoms with Crippen LogP contribution in [0.3, 0.4) is 0 Å². The van der Waals surface area contributed by atoms with E-state index in [1.807, 2.05) is 18.2 Å². The predicted molar refractivity (Wildman–Crippen MR) is 113 cm³/mol. The molecular weight excluding hydrogens is 422 g/mol. The first-order valence-electron chi connectivity index (χ1n) is 9.87. The Hall–Kier alpha value is -1.70. The molecule has 150 valence electrons. The van der Waals surface area contributed by atoms with Crippen LogP contribution in [-0.2, 0) is 9.47 Å². The van der Waals surface area contributed by atoms with Crippen LogP contribution in [0, 0.1) is 5.92 Å². The Labute approximate surface area is 173 Å². The maximum Gasteiger partial charge on any atom is 0.356 e. The zero-order chi connectivity index (χ0) is 19.5. The number of hydrogen-bond acceptors (Lipinski definition) is 6.